The van der Waals surface area contributed by atoms with E-state index in [1.54, 1.807) is 6.92 Å². The Hall–Kier alpha value is -1.97. The highest BCUT2D eigenvalue weighted by atomic mass is 32.1. The van der Waals surface area contributed by atoms with Crippen LogP contribution < -0.4 is 5.32 Å². The standard InChI is InChI=1S/C16H23N3O5S/c1-10-12(15(21)23-3)14(25-13(10)16(22)24-4)17-11(20)9-19-7-5-18(2)6-8-19/h5-9H2,1-4H3,(H,17,20). The van der Waals surface area contributed by atoms with Gasteiger partial charge in [0, 0.05) is 26.2 Å². The van der Waals surface area contributed by atoms with Crippen LogP contribution in [-0.4, -0.2) is 81.6 Å². The first-order valence-electron chi connectivity index (χ1n) is 7.88. The predicted octanol–water partition coefficient (Wildman–Crippen LogP) is 0.816. The molecule has 0 saturated carbocycles. The van der Waals surface area contributed by atoms with E-state index < -0.39 is 11.9 Å². The highest BCUT2D eigenvalue weighted by Crippen LogP contribution is 2.34. The molecule has 2 heterocycles. The summed E-state index contributed by atoms with van der Waals surface area (Å²) in [4.78, 5) is 40.8. The van der Waals surface area contributed by atoms with E-state index in [-0.39, 0.29) is 22.9 Å². The number of ether oxygens (including phenoxy) is 2. The van der Waals surface area contributed by atoms with Crippen LogP contribution >= 0.6 is 11.3 Å². The van der Waals surface area contributed by atoms with Crippen LogP contribution in [0, 0.1) is 6.92 Å². The van der Waals surface area contributed by atoms with E-state index in [1.807, 2.05) is 7.05 Å². The Morgan fingerprint density at radius 2 is 1.68 bits per heavy atom. The second kappa shape index (κ2) is 8.41. The van der Waals surface area contributed by atoms with Gasteiger partial charge in [0.15, 0.2) is 0 Å². The molecule has 0 unspecified atom stereocenters. The number of methoxy groups -OCH3 is 2. The van der Waals surface area contributed by atoms with Crippen molar-refractivity contribution in [2.75, 3.05) is 59.3 Å². The molecule has 0 bridgehead atoms. The highest BCUT2D eigenvalue weighted by Gasteiger charge is 2.27. The van der Waals surface area contributed by atoms with Crippen LogP contribution in [0.3, 0.4) is 0 Å². The number of piperazine rings is 1. The first-order valence-corrected chi connectivity index (χ1v) is 8.69. The molecule has 0 radical (unpaired) electrons. The number of carbonyl (C=O) groups excluding carboxylic acids is 3. The first-order chi connectivity index (χ1) is 11.9. The molecule has 1 N–H and O–H groups in total. The largest absolute Gasteiger partial charge is 0.465 e. The molecule has 0 atom stereocenters. The molecular formula is C16H23N3O5S. The Balaban J connectivity index is 2.15. The molecule has 1 amide bonds. The lowest BCUT2D eigenvalue weighted by Crippen LogP contribution is -2.47. The molecule has 0 aromatic carbocycles. The van der Waals surface area contributed by atoms with Crippen LogP contribution in [0.25, 0.3) is 0 Å². The zero-order chi connectivity index (χ0) is 18.6. The fourth-order valence-electron chi connectivity index (χ4n) is 2.61. The smallest absolute Gasteiger partial charge is 0.348 e. The predicted molar refractivity (Wildman–Crippen MR) is 94.3 cm³/mol. The molecule has 1 fully saturated rings. The van der Waals surface area contributed by atoms with Crippen LogP contribution in [0.1, 0.15) is 25.6 Å². The Kier molecular flexibility index (Phi) is 6.51. The summed E-state index contributed by atoms with van der Waals surface area (Å²) >= 11 is 1.02. The number of nitrogens with one attached hydrogen (secondary N) is 1. The first kappa shape index (κ1) is 19.4. The maximum absolute atomic E-state index is 12.4. The number of nitrogens with zero attached hydrogens (tertiary/aromatic N) is 2. The van der Waals surface area contributed by atoms with Crippen molar-refractivity contribution in [3.8, 4) is 0 Å². The molecule has 1 aromatic heterocycles. The Morgan fingerprint density at radius 1 is 1.08 bits per heavy atom. The van der Waals surface area contributed by atoms with E-state index in [1.165, 1.54) is 14.2 Å². The monoisotopic (exact) mass is 369 g/mol. The van der Waals surface area contributed by atoms with Gasteiger partial charge in [-0.25, -0.2) is 9.59 Å². The molecule has 9 heteroatoms. The van der Waals surface area contributed by atoms with Crippen molar-refractivity contribution in [1.82, 2.24) is 9.80 Å². The van der Waals surface area contributed by atoms with E-state index in [4.69, 9.17) is 9.47 Å². The van der Waals surface area contributed by atoms with Crippen molar-refractivity contribution < 1.29 is 23.9 Å². The maximum atomic E-state index is 12.4. The quantitative estimate of drug-likeness (QED) is 0.769. The van der Waals surface area contributed by atoms with Crippen LogP contribution in [0.2, 0.25) is 0 Å². The normalized spacial score (nSPS) is 15.7. The van der Waals surface area contributed by atoms with Crippen LogP contribution in [0.5, 0.6) is 0 Å². The molecular weight excluding hydrogens is 346 g/mol. The SMILES string of the molecule is COC(=O)c1sc(NC(=O)CN2CCN(C)CC2)c(C(=O)OC)c1C. The number of thiophene rings is 1. The van der Waals surface area contributed by atoms with Gasteiger partial charge in [-0.05, 0) is 19.5 Å². The van der Waals surface area contributed by atoms with Crippen LogP contribution in [-0.2, 0) is 14.3 Å². The minimum absolute atomic E-state index is 0.194. The number of hydrogen-bond acceptors (Lipinski definition) is 8. The van der Waals surface area contributed by atoms with Gasteiger partial charge < -0.3 is 19.7 Å². The van der Waals surface area contributed by atoms with Gasteiger partial charge >= 0.3 is 11.9 Å². The Labute approximate surface area is 150 Å². The number of hydrogen-bond donors (Lipinski definition) is 1. The second-order valence-electron chi connectivity index (χ2n) is 5.87. The van der Waals surface area contributed by atoms with Crippen molar-refractivity contribution in [3.63, 3.8) is 0 Å². The van der Waals surface area contributed by atoms with E-state index in [0.29, 0.717) is 10.6 Å². The lowest BCUT2D eigenvalue weighted by molar-refractivity contribution is -0.117. The van der Waals surface area contributed by atoms with Crippen molar-refractivity contribution in [2.45, 2.75) is 6.92 Å². The summed E-state index contributed by atoms with van der Waals surface area (Å²) in [5, 5.41) is 3.05. The zero-order valence-corrected chi connectivity index (χ0v) is 15.7. The number of esters is 2. The van der Waals surface area contributed by atoms with Gasteiger partial charge in [-0.15, -0.1) is 11.3 Å². The fourth-order valence-corrected chi connectivity index (χ4v) is 3.74. The average molecular weight is 369 g/mol. The van der Waals surface area contributed by atoms with Crippen molar-refractivity contribution in [2.24, 2.45) is 0 Å². The summed E-state index contributed by atoms with van der Waals surface area (Å²) in [5.74, 6) is -1.38. The maximum Gasteiger partial charge on any atom is 0.348 e. The van der Waals surface area contributed by atoms with Gasteiger partial charge in [0.25, 0.3) is 0 Å². The third-order valence-corrected chi connectivity index (χ3v) is 5.31. The van der Waals surface area contributed by atoms with Gasteiger partial charge in [0.2, 0.25) is 5.91 Å². The van der Waals surface area contributed by atoms with Crippen molar-refractivity contribution >= 4 is 34.2 Å². The third-order valence-electron chi connectivity index (χ3n) is 4.12. The molecule has 2 rings (SSSR count). The Bertz CT molecular complexity index is 665. The number of anilines is 1. The lowest BCUT2D eigenvalue weighted by atomic mass is 10.1. The third kappa shape index (κ3) is 4.56. The molecule has 1 aliphatic rings. The van der Waals surface area contributed by atoms with E-state index in [9.17, 15) is 14.4 Å². The number of rotatable bonds is 5. The van der Waals surface area contributed by atoms with Gasteiger partial charge in [-0.1, -0.05) is 0 Å². The van der Waals surface area contributed by atoms with Gasteiger partial charge in [-0.3, -0.25) is 9.69 Å². The molecule has 1 aromatic rings. The van der Waals surface area contributed by atoms with E-state index in [2.05, 4.69) is 15.1 Å². The van der Waals surface area contributed by atoms with Gasteiger partial charge in [-0.2, -0.15) is 0 Å². The average Bonchev–Trinajstić information content (AvgIpc) is 2.91. The summed E-state index contributed by atoms with van der Waals surface area (Å²) in [5.41, 5.74) is 0.637. The number of amides is 1. The molecule has 0 aliphatic carbocycles. The summed E-state index contributed by atoms with van der Waals surface area (Å²) in [6.07, 6.45) is 0. The summed E-state index contributed by atoms with van der Waals surface area (Å²) in [6.45, 7) is 5.30. The second-order valence-corrected chi connectivity index (χ2v) is 6.89. The zero-order valence-electron chi connectivity index (χ0n) is 14.9. The summed E-state index contributed by atoms with van der Waals surface area (Å²) in [6, 6.07) is 0. The van der Waals surface area contributed by atoms with Gasteiger partial charge in [0.1, 0.15) is 9.88 Å². The highest BCUT2D eigenvalue weighted by molar-refractivity contribution is 7.18. The molecule has 25 heavy (non-hydrogen) atoms. The van der Waals surface area contributed by atoms with Gasteiger partial charge in [0.05, 0.1) is 26.3 Å². The van der Waals surface area contributed by atoms with Crippen LogP contribution in [0.15, 0.2) is 0 Å². The Morgan fingerprint density at radius 3 is 2.24 bits per heavy atom. The molecule has 1 aliphatic heterocycles. The minimum Gasteiger partial charge on any atom is -0.465 e. The van der Waals surface area contributed by atoms with Crippen molar-refractivity contribution in [3.05, 3.63) is 16.0 Å². The fraction of sp³-hybridized carbons (Fsp3) is 0.562. The lowest BCUT2D eigenvalue weighted by Gasteiger charge is -2.31. The number of carbonyl (C=O) groups is 3. The summed E-state index contributed by atoms with van der Waals surface area (Å²) < 4.78 is 9.51. The summed E-state index contributed by atoms with van der Waals surface area (Å²) in [7, 11) is 4.57. The van der Waals surface area contributed by atoms with Crippen molar-refractivity contribution in [1.29, 1.82) is 0 Å². The van der Waals surface area contributed by atoms with E-state index in [0.717, 1.165) is 37.5 Å². The minimum atomic E-state index is -0.598. The molecule has 0 spiro atoms. The van der Waals surface area contributed by atoms with E-state index >= 15 is 0 Å². The molecule has 1 saturated heterocycles. The topological polar surface area (TPSA) is 88.2 Å². The molecule has 138 valence electrons. The molecule has 8 nitrogen and oxygen atoms in total. The van der Waals surface area contributed by atoms with Crippen LogP contribution in [0.4, 0.5) is 5.00 Å². The number of likely N-dealkylation sites (N-methyl/N-ethyl adjacent to an activating group) is 1.